The lowest BCUT2D eigenvalue weighted by molar-refractivity contribution is -0.117. The van der Waals surface area contributed by atoms with Gasteiger partial charge in [-0.1, -0.05) is 74.0 Å². The van der Waals surface area contributed by atoms with E-state index in [-0.39, 0.29) is 11.3 Å². The molecule has 0 fully saturated rings. The topological polar surface area (TPSA) is 75.3 Å². The van der Waals surface area contributed by atoms with Crippen molar-refractivity contribution in [1.29, 1.82) is 0 Å². The van der Waals surface area contributed by atoms with Gasteiger partial charge in [0.15, 0.2) is 0 Å². The summed E-state index contributed by atoms with van der Waals surface area (Å²) in [7, 11) is -3.84. The third-order valence-electron chi connectivity index (χ3n) is 4.99. The number of sulfonamides is 1. The van der Waals surface area contributed by atoms with E-state index >= 15 is 0 Å². The molecule has 0 unspecified atom stereocenters. The van der Waals surface area contributed by atoms with E-state index in [1.165, 1.54) is 17.7 Å². The summed E-state index contributed by atoms with van der Waals surface area (Å²) < 4.78 is 28.3. The highest BCUT2D eigenvalue weighted by Crippen LogP contribution is 2.15. The number of carbonyl (C=O) groups excluding carboxylic acids is 1. The number of anilines is 1. The predicted molar refractivity (Wildman–Crippen MR) is 124 cm³/mol. The first-order valence-electron chi connectivity index (χ1n) is 10.5. The lowest BCUT2D eigenvalue weighted by Gasteiger charge is -2.19. The average Bonchev–Trinajstić information content (AvgIpc) is 2.79. The molecule has 0 spiro atoms. The minimum Gasteiger partial charge on any atom is -0.325 e. The van der Waals surface area contributed by atoms with E-state index in [1.54, 1.807) is 18.2 Å². The van der Waals surface area contributed by atoms with Crippen molar-refractivity contribution < 1.29 is 13.2 Å². The number of carbonyl (C=O) groups is 1. The lowest BCUT2D eigenvalue weighted by atomic mass is 10.1. The fourth-order valence-electron chi connectivity index (χ4n) is 3.26. The molecule has 162 valence electrons. The lowest BCUT2D eigenvalue weighted by Crippen LogP contribution is -2.45. The van der Waals surface area contributed by atoms with Crippen LogP contribution in [0.15, 0.2) is 89.8 Å². The molecule has 3 aromatic carbocycles. The van der Waals surface area contributed by atoms with E-state index in [4.69, 9.17) is 0 Å². The molecule has 0 aromatic heterocycles. The SMILES string of the molecule is CCCCc1ccc(NC(=O)[C@@H](Cc2ccccc2)NS(=O)(=O)c2ccccc2)cc1. The molecule has 3 aromatic rings. The van der Waals surface area contributed by atoms with Crippen LogP contribution in [0.2, 0.25) is 0 Å². The smallest absolute Gasteiger partial charge is 0.242 e. The number of nitrogens with one attached hydrogen (secondary N) is 2. The molecule has 0 aliphatic carbocycles. The Bertz CT molecular complexity index is 1070. The number of aryl methyl sites for hydroxylation is 1. The normalized spacial score (nSPS) is 12.3. The maximum atomic E-state index is 13.0. The minimum absolute atomic E-state index is 0.126. The first kappa shape index (κ1) is 22.7. The van der Waals surface area contributed by atoms with Crippen LogP contribution in [0.5, 0.6) is 0 Å². The molecule has 0 aliphatic heterocycles. The van der Waals surface area contributed by atoms with E-state index in [1.807, 2.05) is 54.6 Å². The van der Waals surface area contributed by atoms with E-state index in [0.717, 1.165) is 24.8 Å². The monoisotopic (exact) mass is 436 g/mol. The number of rotatable bonds is 10. The molecule has 0 heterocycles. The molecule has 6 heteroatoms. The molecular formula is C25H28N2O3S. The van der Waals surface area contributed by atoms with Gasteiger partial charge in [0.25, 0.3) is 0 Å². The van der Waals surface area contributed by atoms with Gasteiger partial charge in [-0.05, 0) is 54.7 Å². The molecule has 0 saturated heterocycles. The molecule has 0 radical (unpaired) electrons. The summed E-state index contributed by atoms with van der Waals surface area (Å²) >= 11 is 0. The van der Waals surface area contributed by atoms with Crippen LogP contribution in [0.25, 0.3) is 0 Å². The maximum absolute atomic E-state index is 13.0. The van der Waals surface area contributed by atoms with Crippen LogP contribution in [-0.2, 0) is 27.7 Å². The van der Waals surface area contributed by atoms with Crippen molar-refractivity contribution in [3.8, 4) is 0 Å². The summed E-state index contributed by atoms with van der Waals surface area (Å²) in [6, 6.07) is 24.2. The summed E-state index contributed by atoms with van der Waals surface area (Å²) in [5, 5.41) is 2.85. The third-order valence-corrected chi connectivity index (χ3v) is 6.48. The van der Waals surface area contributed by atoms with Gasteiger partial charge in [0.1, 0.15) is 6.04 Å². The van der Waals surface area contributed by atoms with Crippen molar-refractivity contribution in [3.05, 3.63) is 96.1 Å². The van der Waals surface area contributed by atoms with Crippen molar-refractivity contribution in [2.45, 2.75) is 43.5 Å². The van der Waals surface area contributed by atoms with Crippen LogP contribution in [0.1, 0.15) is 30.9 Å². The van der Waals surface area contributed by atoms with Gasteiger partial charge < -0.3 is 5.32 Å². The summed E-state index contributed by atoms with van der Waals surface area (Å²) in [5.41, 5.74) is 2.72. The number of hydrogen-bond acceptors (Lipinski definition) is 3. The standard InChI is InChI=1S/C25H28N2O3S/c1-2-3-10-20-15-17-22(18-16-20)26-25(28)24(19-21-11-6-4-7-12-21)27-31(29,30)23-13-8-5-9-14-23/h4-9,11-18,24,27H,2-3,10,19H2,1H3,(H,26,28)/t24-/m1/s1. The summed E-state index contributed by atoms with van der Waals surface area (Å²) in [4.78, 5) is 13.2. The quantitative estimate of drug-likeness (QED) is 0.489. The van der Waals surface area contributed by atoms with Gasteiger partial charge in [0.05, 0.1) is 4.90 Å². The average molecular weight is 437 g/mol. The first-order chi connectivity index (χ1) is 15.0. The molecule has 1 amide bonds. The Morgan fingerprint density at radius 3 is 2.06 bits per heavy atom. The zero-order chi connectivity index (χ0) is 22.1. The molecular weight excluding hydrogens is 408 g/mol. The molecule has 31 heavy (non-hydrogen) atoms. The van der Waals surface area contributed by atoms with Gasteiger partial charge in [0, 0.05) is 5.69 Å². The number of hydrogen-bond donors (Lipinski definition) is 2. The van der Waals surface area contributed by atoms with Gasteiger partial charge in [-0.3, -0.25) is 4.79 Å². The molecule has 1 atom stereocenters. The van der Waals surface area contributed by atoms with Crippen LogP contribution in [0.4, 0.5) is 5.69 Å². The summed E-state index contributed by atoms with van der Waals surface area (Å²) in [6.45, 7) is 2.15. The van der Waals surface area contributed by atoms with Crippen molar-refractivity contribution in [2.75, 3.05) is 5.32 Å². The van der Waals surface area contributed by atoms with Crippen molar-refractivity contribution in [3.63, 3.8) is 0 Å². The van der Waals surface area contributed by atoms with E-state index < -0.39 is 22.0 Å². The molecule has 0 aliphatic rings. The Morgan fingerprint density at radius 2 is 1.45 bits per heavy atom. The van der Waals surface area contributed by atoms with Gasteiger partial charge in [-0.15, -0.1) is 0 Å². The van der Waals surface area contributed by atoms with Crippen LogP contribution >= 0.6 is 0 Å². The second-order valence-corrected chi connectivity index (χ2v) is 9.18. The third kappa shape index (κ3) is 6.77. The fraction of sp³-hybridized carbons (Fsp3) is 0.240. The number of amides is 1. The van der Waals surface area contributed by atoms with Gasteiger partial charge in [-0.2, -0.15) is 4.72 Å². The van der Waals surface area contributed by atoms with Crippen LogP contribution in [0.3, 0.4) is 0 Å². The van der Waals surface area contributed by atoms with Gasteiger partial charge >= 0.3 is 0 Å². The van der Waals surface area contributed by atoms with E-state index in [0.29, 0.717) is 5.69 Å². The van der Waals surface area contributed by atoms with Crippen LogP contribution in [-0.4, -0.2) is 20.4 Å². The van der Waals surface area contributed by atoms with Gasteiger partial charge in [0.2, 0.25) is 15.9 Å². The van der Waals surface area contributed by atoms with Crippen LogP contribution in [0, 0.1) is 0 Å². The Morgan fingerprint density at radius 1 is 0.839 bits per heavy atom. The van der Waals surface area contributed by atoms with E-state index in [2.05, 4.69) is 17.0 Å². The van der Waals surface area contributed by atoms with Gasteiger partial charge in [-0.25, -0.2) is 8.42 Å². The highest BCUT2D eigenvalue weighted by molar-refractivity contribution is 7.89. The van der Waals surface area contributed by atoms with E-state index in [9.17, 15) is 13.2 Å². The summed E-state index contributed by atoms with van der Waals surface area (Å²) in [6.07, 6.45) is 3.49. The molecule has 5 nitrogen and oxygen atoms in total. The summed E-state index contributed by atoms with van der Waals surface area (Å²) in [5.74, 6) is -0.398. The van der Waals surface area contributed by atoms with Crippen molar-refractivity contribution in [2.24, 2.45) is 0 Å². The Hall–Kier alpha value is -2.96. The highest BCUT2D eigenvalue weighted by atomic mass is 32.2. The second kappa shape index (κ2) is 10.9. The Labute approximate surface area is 184 Å². The molecule has 0 bridgehead atoms. The Balaban J connectivity index is 1.77. The maximum Gasteiger partial charge on any atom is 0.242 e. The largest absolute Gasteiger partial charge is 0.325 e. The van der Waals surface area contributed by atoms with Crippen LogP contribution < -0.4 is 10.0 Å². The predicted octanol–water partition coefficient (Wildman–Crippen LogP) is 4.56. The molecule has 2 N–H and O–H groups in total. The number of benzene rings is 3. The minimum atomic E-state index is -3.84. The van der Waals surface area contributed by atoms with Crippen molar-refractivity contribution >= 4 is 21.6 Å². The van der Waals surface area contributed by atoms with Crippen molar-refractivity contribution in [1.82, 2.24) is 4.72 Å². The Kier molecular flexibility index (Phi) is 7.98. The fourth-order valence-corrected chi connectivity index (χ4v) is 4.47. The first-order valence-corrected chi connectivity index (χ1v) is 12.0. The second-order valence-electron chi connectivity index (χ2n) is 7.47. The molecule has 0 saturated carbocycles. The molecule has 3 rings (SSSR count). The number of unbranched alkanes of at least 4 members (excludes halogenated alkanes) is 1. The highest BCUT2D eigenvalue weighted by Gasteiger charge is 2.26. The zero-order valence-electron chi connectivity index (χ0n) is 17.6. The zero-order valence-corrected chi connectivity index (χ0v) is 18.4.